The number of benzene rings is 2. The van der Waals surface area contributed by atoms with Crippen LogP contribution < -0.4 is 4.74 Å². The minimum atomic E-state index is -0.309. The number of likely N-dealkylation sites (tertiary alicyclic amines) is 1. The summed E-state index contributed by atoms with van der Waals surface area (Å²) in [6.45, 7) is 3.31. The summed E-state index contributed by atoms with van der Waals surface area (Å²) in [4.78, 5) is 16.6. The Balaban J connectivity index is 1.27. The molecule has 5 nitrogen and oxygen atoms in total. The predicted molar refractivity (Wildman–Crippen MR) is 108 cm³/mol. The monoisotopic (exact) mass is 416 g/mol. The van der Waals surface area contributed by atoms with E-state index in [4.69, 9.17) is 9.47 Å². The molecule has 160 valence electrons. The van der Waals surface area contributed by atoms with Crippen molar-refractivity contribution in [3.8, 4) is 5.75 Å². The highest BCUT2D eigenvalue weighted by molar-refractivity contribution is 5.78. The molecule has 2 fully saturated rings. The number of amides is 1. The normalized spacial score (nSPS) is 21.1. The number of rotatable bonds is 6. The van der Waals surface area contributed by atoms with Gasteiger partial charge in [0.25, 0.3) is 0 Å². The summed E-state index contributed by atoms with van der Waals surface area (Å²) in [5.74, 6) is 0.0673. The highest BCUT2D eigenvalue weighted by Gasteiger charge is 2.33. The first-order chi connectivity index (χ1) is 14.6. The van der Waals surface area contributed by atoms with Crippen molar-refractivity contribution in [2.45, 2.75) is 31.5 Å². The minimum absolute atomic E-state index is 0.0108. The number of ether oxygens (including phenoxy) is 2. The lowest BCUT2D eigenvalue weighted by atomic mass is 10.0. The number of carbonyl (C=O) groups is 1. The maximum absolute atomic E-state index is 13.4. The average molecular weight is 416 g/mol. The Morgan fingerprint density at radius 2 is 1.80 bits per heavy atom. The van der Waals surface area contributed by atoms with Gasteiger partial charge in [0.2, 0.25) is 5.91 Å². The van der Waals surface area contributed by atoms with Crippen molar-refractivity contribution in [3.05, 3.63) is 65.7 Å². The second-order valence-corrected chi connectivity index (χ2v) is 7.88. The summed E-state index contributed by atoms with van der Waals surface area (Å²) < 4.78 is 37.7. The molecule has 2 aromatic rings. The van der Waals surface area contributed by atoms with Gasteiger partial charge in [-0.2, -0.15) is 0 Å². The highest BCUT2D eigenvalue weighted by Crippen LogP contribution is 2.22. The molecular formula is C23H26F2N2O3. The molecule has 0 spiro atoms. The Hall–Kier alpha value is -2.51. The van der Waals surface area contributed by atoms with Crippen LogP contribution >= 0.6 is 0 Å². The lowest BCUT2D eigenvalue weighted by Gasteiger charge is -2.42. The Morgan fingerprint density at radius 3 is 2.53 bits per heavy atom. The molecule has 0 N–H and O–H groups in total. The molecule has 0 radical (unpaired) electrons. The smallest absolute Gasteiger partial charge is 0.248 e. The fourth-order valence-electron chi connectivity index (χ4n) is 4.10. The fraction of sp³-hybridized carbons (Fsp3) is 0.435. The van der Waals surface area contributed by atoms with E-state index in [1.165, 1.54) is 18.2 Å². The van der Waals surface area contributed by atoms with E-state index in [0.717, 1.165) is 38.0 Å². The maximum Gasteiger partial charge on any atom is 0.248 e. The maximum atomic E-state index is 13.4. The van der Waals surface area contributed by atoms with Gasteiger partial charge >= 0.3 is 0 Å². The predicted octanol–water partition coefficient (Wildman–Crippen LogP) is 3.24. The highest BCUT2D eigenvalue weighted by atomic mass is 19.1. The second-order valence-electron chi connectivity index (χ2n) is 7.88. The lowest BCUT2D eigenvalue weighted by Crippen LogP contribution is -2.55. The van der Waals surface area contributed by atoms with Gasteiger partial charge < -0.3 is 14.4 Å². The topological polar surface area (TPSA) is 42.0 Å². The van der Waals surface area contributed by atoms with Gasteiger partial charge in [0, 0.05) is 25.7 Å². The quantitative estimate of drug-likeness (QED) is 0.725. The number of carbonyl (C=O) groups excluding carboxylic acids is 1. The molecule has 2 aromatic carbocycles. The summed E-state index contributed by atoms with van der Waals surface area (Å²) in [5, 5.41) is 0. The van der Waals surface area contributed by atoms with Gasteiger partial charge in [0.05, 0.1) is 6.54 Å². The Labute approximate surface area is 175 Å². The van der Waals surface area contributed by atoms with Crippen LogP contribution in [0.25, 0.3) is 0 Å². The average Bonchev–Trinajstić information content (AvgIpc) is 2.75. The van der Waals surface area contributed by atoms with E-state index in [9.17, 15) is 13.6 Å². The lowest BCUT2D eigenvalue weighted by molar-refractivity contribution is -0.155. The van der Waals surface area contributed by atoms with E-state index in [0.29, 0.717) is 18.9 Å². The molecule has 30 heavy (non-hydrogen) atoms. The molecule has 2 aliphatic rings. The van der Waals surface area contributed by atoms with E-state index in [1.54, 1.807) is 24.3 Å². The zero-order valence-electron chi connectivity index (χ0n) is 16.8. The Kier molecular flexibility index (Phi) is 6.59. The van der Waals surface area contributed by atoms with Gasteiger partial charge in [-0.25, -0.2) is 8.78 Å². The molecule has 1 atom stereocenters. The van der Waals surface area contributed by atoms with Gasteiger partial charge in [-0.1, -0.05) is 12.1 Å². The first-order valence-electron chi connectivity index (χ1n) is 10.3. The van der Waals surface area contributed by atoms with Crippen molar-refractivity contribution in [2.24, 2.45) is 0 Å². The second kappa shape index (κ2) is 9.53. The number of halogens is 2. The number of hydrogen-bond donors (Lipinski definition) is 0. The summed E-state index contributed by atoms with van der Waals surface area (Å²) in [5.41, 5.74) is 0.967. The largest absolute Gasteiger partial charge is 0.491 e. The van der Waals surface area contributed by atoms with Crippen LogP contribution in [0.15, 0.2) is 48.5 Å². The van der Waals surface area contributed by atoms with E-state index in [1.807, 2.05) is 11.0 Å². The first kappa shape index (κ1) is 20.8. The molecule has 2 heterocycles. The van der Waals surface area contributed by atoms with Crippen LogP contribution in [0.4, 0.5) is 8.78 Å². The number of hydrogen-bond acceptors (Lipinski definition) is 4. The molecule has 2 aliphatic heterocycles. The third-order valence-electron chi connectivity index (χ3n) is 5.71. The van der Waals surface area contributed by atoms with Gasteiger partial charge in [-0.05, 0) is 54.8 Å². The van der Waals surface area contributed by atoms with Crippen LogP contribution in [-0.4, -0.2) is 60.7 Å². The van der Waals surface area contributed by atoms with Crippen LogP contribution in [0.3, 0.4) is 0 Å². The van der Waals surface area contributed by atoms with Crippen LogP contribution in [0, 0.1) is 11.6 Å². The number of nitrogens with zero attached hydrogens (tertiary/aromatic N) is 2. The third kappa shape index (κ3) is 5.34. The van der Waals surface area contributed by atoms with Crippen LogP contribution in [0.1, 0.15) is 18.4 Å². The van der Waals surface area contributed by atoms with Crippen molar-refractivity contribution in [2.75, 3.05) is 32.8 Å². The van der Waals surface area contributed by atoms with E-state index < -0.39 is 0 Å². The zero-order valence-corrected chi connectivity index (χ0v) is 16.8. The summed E-state index contributed by atoms with van der Waals surface area (Å²) in [6.07, 6.45) is 1.55. The van der Waals surface area contributed by atoms with Gasteiger partial charge in [-0.3, -0.25) is 9.69 Å². The fourth-order valence-corrected chi connectivity index (χ4v) is 4.10. The van der Waals surface area contributed by atoms with E-state index in [2.05, 4.69) is 4.90 Å². The van der Waals surface area contributed by atoms with Crippen LogP contribution in [-0.2, 0) is 16.1 Å². The number of piperidine rings is 1. The third-order valence-corrected chi connectivity index (χ3v) is 5.71. The van der Waals surface area contributed by atoms with Crippen molar-refractivity contribution in [3.63, 3.8) is 0 Å². The van der Waals surface area contributed by atoms with Gasteiger partial charge in [0.1, 0.15) is 36.7 Å². The van der Waals surface area contributed by atoms with Crippen LogP contribution in [0.5, 0.6) is 5.75 Å². The molecule has 0 aromatic heterocycles. The van der Waals surface area contributed by atoms with E-state index in [-0.39, 0.29) is 36.3 Å². The Bertz CT molecular complexity index is 854. The SMILES string of the molecule is O=C1COC(COc2ccc(F)cc2)CN1C1CCN(Cc2cccc(F)c2)CC1. The van der Waals surface area contributed by atoms with Crippen molar-refractivity contribution in [1.82, 2.24) is 9.80 Å². The summed E-state index contributed by atoms with van der Waals surface area (Å²) >= 11 is 0. The molecule has 1 amide bonds. The van der Waals surface area contributed by atoms with Gasteiger partial charge in [0.15, 0.2) is 0 Å². The Morgan fingerprint density at radius 1 is 1.03 bits per heavy atom. The van der Waals surface area contributed by atoms with Gasteiger partial charge in [-0.15, -0.1) is 0 Å². The zero-order chi connectivity index (χ0) is 20.9. The number of morpholine rings is 1. The molecule has 0 saturated carbocycles. The summed E-state index contributed by atoms with van der Waals surface area (Å²) in [6, 6.07) is 12.7. The van der Waals surface area contributed by atoms with Crippen molar-refractivity contribution < 1.29 is 23.0 Å². The molecule has 0 aliphatic carbocycles. The molecule has 7 heteroatoms. The van der Waals surface area contributed by atoms with Crippen molar-refractivity contribution in [1.29, 1.82) is 0 Å². The van der Waals surface area contributed by atoms with Crippen LogP contribution in [0.2, 0.25) is 0 Å². The summed E-state index contributed by atoms with van der Waals surface area (Å²) in [7, 11) is 0. The molecule has 0 bridgehead atoms. The molecular weight excluding hydrogens is 390 g/mol. The molecule has 4 rings (SSSR count). The molecule has 1 unspecified atom stereocenters. The van der Waals surface area contributed by atoms with E-state index >= 15 is 0 Å². The molecule has 2 saturated heterocycles. The first-order valence-corrected chi connectivity index (χ1v) is 10.3. The minimum Gasteiger partial charge on any atom is -0.491 e. The standard InChI is InChI=1S/C23H26F2N2O3/c24-18-4-6-21(7-5-18)29-15-22-14-27(23(28)16-30-22)20-8-10-26(11-9-20)13-17-2-1-3-19(25)12-17/h1-7,12,20,22H,8-11,13-16H2. The van der Waals surface area contributed by atoms with Crippen molar-refractivity contribution >= 4 is 5.91 Å².